The number of hydrogen-bond acceptors (Lipinski definition) is 4. The number of carboxylic acids is 1. The van der Waals surface area contributed by atoms with Crippen LogP contribution in [0.1, 0.15) is 31.7 Å². The zero-order valence-corrected chi connectivity index (χ0v) is 14.7. The van der Waals surface area contributed by atoms with E-state index in [2.05, 4.69) is 0 Å². The summed E-state index contributed by atoms with van der Waals surface area (Å²) in [6.45, 7) is 1.88. The maximum absolute atomic E-state index is 12.5. The SMILES string of the molecule is CCCCS(=O)(=O)N1CC[C@H](O)[C@](Cc2ccccc2)(C(=O)O)C1. The van der Waals surface area contributed by atoms with E-state index in [1.807, 2.05) is 13.0 Å². The van der Waals surface area contributed by atoms with Crippen LogP contribution in [0.15, 0.2) is 30.3 Å². The molecule has 1 aliphatic heterocycles. The number of piperidine rings is 1. The second-order valence-electron chi connectivity index (χ2n) is 6.43. The third-order valence-electron chi connectivity index (χ3n) is 4.69. The van der Waals surface area contributed by atoms with Gasteiger partial charge in [-0.1, -0.05) is 43.7 Å². The van der Waals surface area contributed by atoms with E-state index in [1.165, 1.54) is 4.31 Å². The van der Waals surface area contributed by atoms with Crippen LogP contribution in [-0.4, -0.2) is 53.9 Å². The van der Waals surface area contributed by atoms with Gasteiger partial charge in [-0.15, -0.1) is 0 Å². The number of sulfonamides is 1. The van der Waals surface area contributed by atoms with Crippen molar-refractivity contribution in [2.75, 3.05) is 18.8 Å². The Morgan fingerprint density at radius 1 is 1.33 bits per heavy atom. The molecule has 1 saturated heterocycles. The molecule has 0 spiro atoms. The Kier molecular flexibility index (Phi) is 6.01. The van der Waals surface area contributed by atoms with E-state index in [0.29, 0.717) is 6.42 Å². The first-order chi connectivity index (χ1) is 11.3. The zero-order valence-electron chi connectivity index (χ0n) is 13.9. The molecule has 134 valence electrons. The standard InChI is InChI=1S/C17H25NO5S/c1-2-3-11-24(22,23)18-10-9-15(19)17(13-18,16(20)21)12-14-7-5-4-6-8-14/h4-8,15,19H,2-3,9-13H2,1H3,(H,20,21)/t15-,17+/m0/s1. The van der Waals surface area contributed by atoms with Crippen LogP contribution in [-0.2, 0) is 21.2 Å². The number of hydrogen-bond donors (Lipinski definition) is 2. The van der Waals surface area contributed by atoms with Crippen molar-refractivity contribution in [2.45, 2.75) is 38.7 Å². The number of benzene rings is 1. The van der Waals surface area contributed by atoms with Gasteiger partial charge in [-0.2, -0.15) is 0 Å². The summed E-state index contributed by atoms with van der Waals surface area (Å²) in [5.74, 6) is -1.14. The average Bonchev–Trinajstić information content (AvgIpc) is 2.55. The van der Waals surface area contributed by atoms with Crippen molar-refractivity contribution >= 4 is 16.0 Å². The lowest BCUT2D eigenvalue weighted by Crippen LogP contribution is -2.58. The molecule has 1 aliphatic rings. The van der Waals surface area contributed by atoms with Gasteiger partial charge in [0.2, 0.25) is 10.0 Å². The van der Waals surface area contributed by atoms with Gasteiger partial charge in [0.15, 0.2) is 0 Å². The summed E-state index contributed by atoms with van der Waals surface area (Å²) in [6, 6.07) is 9.02. The highest BCUT2D eigenvalue weighted by atomic mass is 32.2. The molecular formula is C17H25NO5S. The number of aliphatic hydroxyl groups excluding tert-OH is 1. The fraction of sp³-hybridized carbons (Fsp3) is 0.588. The van der Waals surface area contributed by atoms with Crippen LogP contribution in [0.25, 0.3) is 0 Å². The lowest BCUT2D eigenvalue weighted by Gasteiger charge is -2.42. The number of unbranched alkanes of at least 4 members (excludes halogenated alkanes) is 1. The molecule has 7 heteroatoms. The van der Waals surface area contributed by atoms with Crippen LogP contribution >= 0.6 is 0 Å². The van der Waals surface area contributed by atoms with E-state index < -0.39 is 27.5 Å². The summed E-state index contributed by atoms with van der Waals surface area (Å²) in [6.07, 6.45) is 0.450. The number of nitrogens with zero attached hydrogens (tertiary/aromatic N) is 1. The van der Waals surface area contributed by atoms with Gasteiger partial charge < -0.3 is 10.2 Å². The first-order valence-electron chi connectivity index (χ1n) is 8.25. The molecule has 1 heterocycles. The predicted octanol–water partition coefficient (Wildman–Crippen LogP) is 1.50. The summed E-state index contributed by atoms with van der Waals surface area (Å²) < 4.78 is 26.2. The minimum atomic E-state index is -3.51. The number of rotatable bonds is 7. The van der Waals surface area contributed by atoms with Gasteiger partial charge >= 0.3 is 5.97 Å². The molecule has 6 nitrogen and oxygen atoms in total. The molecule has 0 radical (unpaired) electrons. The Labute approximate surface area is 143 Å². The third-order valence-corrected chi connectivity index (χ3v) is 6.59. The van der Waals surface area contributed by atoms with Crippen LogP contribution < -0.4 is 0 Å². The first-order valence-corrected chi connectivity index (χ1v) is 9.86. The van der Waals surface area contributed by atoms with Gasteiger partial charge in [-0.3, -0.25) is 4.79 Å². The van der Waals surface area contributed by atoms with Crippen LogP contribution in [0.4, 0.5) is 0 Å². The Hall–Kier alpha value is -1.44. The van der Waals surface area contributed by atoms with Crippen molar-refractivity contribution < 1.29 is 23.4 Å². The van der Waals surface area contributed by atoms with Gasteiger partial charge in [0, 0.05) is 13.1 Å². The van der Waals surface area contributed by atoms with E-state index in [-0.39, 0.29) is 31.7 Å². The van der Waals surface area contributed by atoms with Crippen LogP contribution in [0.3, 0.4) is 0 Å². The molecule has 1 aromatic rings. The summed E-state index contributed by atoms with van der Waals surface area (Å²) >= 11 is 0. The zero-order chi connectivity index (χ0) is 17.8. The van der Waals surface area contributed by atoms with Crippen molar-refractivity contribution in [2.24, 2.45) is 5.41 Å². The Balaban J connectivity index is 2.30. The molecule has 2 rings (SSSR count). The molecule has 0 saturated carbocycles. The Morgan fingerprint density at radius 2 is 2.00 bits per heavy atom. The number of carbonyl (C=O) groups is 1. The first kappa shape index (κ1) is 18.9. The smallest absolute Gasteiger partial charge is 0.313 e. The van der Waals surface area contributed by atoms with E-state index >= 15 is 0 Å². The largest absolute Gasteiger partial charge is 0.481 e. The second-order valence-corrected chi connectivity index (χ2v) is 8.52. The van der Waals surface area contributed by atoms with Gasteiger partial charge in [0.1, 0.15) is 5.41 Å². The summed E-state index contributed by atoms with van der Waals surface area (Å²) in [5.41, 5.74) is -0.745. The molecule has 1 aromatic carbocycles. The highest BCUT2D eigenvalue weighted by Crippen LogP contribution is 2.36. The molecular weight excluding hydrogens is 330 g/mol. The minimum absolute atomic E-state index is 0.0145. The van der Waals surface area contributed by atoms with Gasteiger partial charge in [0.05, 0.1) is 11.9 Å². The van der Waals surface area contributed by atoms with Gasteiger partial charge in [-0.05, 0) is 24.8 Å². The fourth-order valence-corrected chi connectivity index (χ4v) is 4.88. The lowest BCUT2D eigenvalue weighted by molar-refractivity contribution is -0.160. The average molecular weight is 355 g/mol. The number of aliphatic hydroxyl groups is 1. The topological polar surface area (TPSA) is 94.9 Å². The lowest BCUT2D eigenvalue weighted by atomic mass is 9.73. The third kappa shape index (κ3) is 3.96. The quantitative estimate of drug-likeness (QED) is 0.773. The molecule has 2 N–H and O–H groups in total. The van der Waals surface area contributed by atoms with E-state index in [1.54, 1.807) is 24.3 Å². The summed E-state index contributed by atoms with van der Waals surface area (Å²) in [7, 11) is -3.51. The molecule has 2 atom stereocenters. The highest BCUT2D eigenvalue weighted by Gasteiger charge is 2.51. The summed E-state index contributed by atoms with van der Waals surface area (Å²) in [4.78, 5) is 12.0. The normalized spacial score (nSPS) is 25.5. The predicted molar refractivity (Wildman–Crippen MR) is 91.1 cm³/mol. The van der Waals surface area contributed by atoms with E-state index in [9.17, 15) is 23.4 Å². The van der Waals surface area contributed by atoms with Crippen molar-refractivity contribution in [3.8, 4) is 0 Å². The van der Waals surface area contributed by atoms with E-state index in [0.717, 1.165) is 12.0 Å². The maximum Gasteiger partial charge on any atom is 0.313 e. The molecule has 24 heavy (non-hydrogen) atoms. The monoisotopic (exact) mass is 355 g/mol. The van der Waals surface area contributed by atoms with Gasteiger partial charge in [-0.25, -0.2) is 12.7 Å². The molecule has 0 bridgehead atoms. The second kappa shape index (κ2) is 7.63. The van der Waals surface area contributed by atoms with Crippen molar-refractivity contribution in [3.63, 3.8) is 0 Å². The number of carboxylic acid groups (broad SMARTS) is 1. The molecule has 0 unspecified atom stereocenters. The van der Waals surface area contributed by atoms with Crippen molar-refractivity contribution in [1.29, 1.82) is 0 Å². The Morgan fingerprint density at radius 3 is 2.58 bits per heavy atom. The molecule has 0 aromatic heterocycles. The van der Waals surface area contributed by atoms with Crippen LogP contribution in [0.2, 0.25) is 0 Å². The molecule has 0 amide bonds. The Bertz CT molecular complexity index is 661. The van der Waals surface area contributed by atoms with E-state index in [4.69, 9.17) is 0 Å². The molecule has 0 aliphatic carbocycles. The van der Waals surface area contributed by atoms with Crippen LogP contribution in [0.5, 0.6) is 0 Å². The molecule has 1 fully saturated rings. The van der Waals surface area contributed by atoms with Crippen molar-refractivity contribution in [1.82, 2.24) is 4.31 Å². The minimum Gasteiger partial charge on any atom is -0.481 e. The fourth-order valence-electron chi connectivity index (χ4n) is 3.15. The maximum atomic E-state index is 12.5. The highest BCUT2D eigenvalue weighted by molar-refractivity contribution is 7.89. The van der Waals surface area contributed by atoms with Crippen molar-refractivity contribution in [3.05, 3.63) is 35.9 Å². The summed E-state index contributed by atoms with van der Waals surface area (Å²) in [5, 5.41) is 20.2. The number of aliphatic carboxylic acids is 1. The van der Waals surface area contributed by atoms with Gasteiger partial charge in [0.25, 0.3) is 0 Å². The van der Waals surface area contributed by atoms with Crippen LogP contribution in [0, 0.1) is 5.41 Å².